The van der Waals surface area contributed by atoms with Crippen molar-refractivity contribution in [1.29, 1.82) is 0 Å². The fourth-order valence-corrected chi connectivity index (χ4v) is 6.23. The highest BCUT2D eigenvalue weighted by atomic mass is 32.2. The van der Waals surface area contributed by atoms with E-state index in [2.05, 4.69) is 16.8 Å². The van der Waals surface area contributed by atoms with Crippen LogP contribution in [0.5, 0.6) is 5.75 Å². The first kappa shape index (κ1) is 29.2. The van der Waals surface area contributed by atoms with Crippen LogP contribution in [-0.2, 0) is 21.2 Å². The molecule has 1 amide bonds. The van der Waals surface area contributed by atoms with Crippen LogP contribution in [0.25, 0.3) is 0 Å². The number of hydrogen-bond donors (Lipinski definition) is 1. The molecule has 1 aliphatic rings. The highest BCUT2D eigenvalue weighted by Crippen LogP contribution is 2.34. The number of likely N-dealkylation sites (N-methyl/N-ethyl adjacent to an activating group) is 1. The van der Waals surface area contributed by atoms with Gasteiger partial charge in [-0.3, -0.25) is 9.78 Å². The number of amides is 1. The third-order valence-electron chi connectivity index (χ3n) is 6.84. The minimum absolute atomic E-state index is 0.0644. The Labute approximate surface area is 234 Å². The molecule has 0 saturated carbocycles. The largest absolute Gasteiger partial charge is 0.487 e. The Morgan fingerprint density at radius 1 is 1.23 bits per heavy atom. The molecule has 210 valence electrons. The van der Waals surface area contributed by atoms with Crippen molar-refractivity contribution in [1.82, 2.24) is 14.2 Å². The molecule has 2 aromatic carbocycles. The van der Waals surface area contributed by atoms with Crippen LogP contribution >= 0.6 is 0 Å². The number of aliphatic hydroxyl groups is 1. The Kier molecular flexibility index (Phi) is 9.20. The number of fused-ring (bicyclic) bond motifs is 1. The fraction of sp³-hybridized carbons (Fsp3) is 0.333. The summed E-state index contributed by atoms with van der Waals surface area (Å²) in [5.41, 5.74) is 1.43. The molecule has 0 aliphatic carbocycles. The summed E-state index contributed by atoms with van der Waals surface area (Å²) in [6, 6.07) is 13.5. The van der Waals surface area contributed by atoms with E-state index < -0.39 is 28.0 Å². The summed E-state index contributed by atoms with van der Waals surface area (Å²) in [5.74, 6) is 4.82. The molecule has 1 aromatic heterocycles. The Morgan fingerprint density at radius 2 is 2.00 bits per heavy atom. The lowest BCUT2D eigenvalue weighted by Crippen LogP contribution is -2.50. The zero-order valence-corrected chi connectivity index (χ0v) is 23.4. The van der Waals surface area contributed by atoms with E-state index in [9.17, 15) is 22.7 Å². The number of benzene rings is 2. The maximum absolute atomic E-state index is 14.1. The Balaban J connectivity index is 1.68. The summed E-state index contributed by atoms with van der Waals surface area (Å²) in [6.07, 6.45) is 2.88. The third kappa shape index (κ3) is 6.67. The number of aliphatic hydroxyl groups excluding tert-OH is 1. The van der Waals surface area contributed by atoms with E-state index in [1.807, 2.05) is 13.0 Å². The van der Waals surface area contributed by atoms with Gasteiger partial charge < -0.3 is 14.7 Å². The number of aromatic nitrogens is 1. The quantitative estimate of drug-likeness (QED) is 0.461. The molecule has 4 rings (SSSR count). The molecule has 3 aromatic rings. The van der Waals surface area contributed by atoms with Crippen LogP contribution in [-0.4, -0.2) is 72.5 Å². The Morgan fingerprint density at radius 3 is 2.70 bits per heavy atom. The molecular weight excluding hydrogens is 533 g/mol. The van der Waals surface area contributed by atoms with Crippen molar-refractivity contribution in [2.75, 3.05) is 26.7 Å². The van der Waals surface area contributed by atoms with E-state index in [4.69, 9.17) is 4.74 Å². The van der Waals surface area contributed by atoms with Crippen LogP contribution < -0.4 is 4.74 Å². The predicted octanol–water partition coefficient (Wildman–Crippen LogP) is 3.09. The number of sulfonamides is 1. The average molecular weight is 566 g/mol. The molecule has 0 spiro atoms. The molecule has 1 aliphatic heterocycles. The minimum Gasteiger partial charge on any atom is -0.487 e. The topological polar surface area (TPSA) is 100 Å². The molecular formula is C30H32FN3O5S. The lowest BCUT2D eigenvalue weighted by Gasteiger charge is -2.37. The van der Waals surface area contributed by atoms with Crippen molar-refractivity contribution in [3.05, 3.63) is 89.5 Å². The Hall–Kier alpha value is -3.78. The van der Waals surface area contributed by atoms with E-state index in [0.29, 0.717) is 5.56 Å². The highest BCUT2D eigenvalue weighted by Gasteiger charge is 2.38. The van der Waals surface area contributed by atoms with Gasteiger partial charge in [0.2, 0.25) is 15.9 Å². The number of halogens is 1. The summed E-state index contributed by atoms with van der Waals surface area (Å²) in [6.45, 7) is 3.42. The SMILES string of the molecule is C[C@H]1CN([C@@H](C)CO)S(=O)(=O)c2ccc(C#Cc3ccccc3F)cc2O[C@@H]1CN(C)C(=O)Cc1cccnc1. The van der Waals surface area contributed by atoms with Crippen molar-refractivity contribution < 1.29 is 27.4 Å². The molecule has 40 heavy (non-hydrogen) atoms. The van der Waals surface area contributed by atoms with Crippen LogP contribution in [0.2, 0.25) is 0 Å². The van der Waals surface area contributed by atoms with Gasteiger partial charge in [-0.2, -0.15) is 4.31 Å². The molecule has 8 nitrogen and oxygen atoms in total. The van der Waals surface area contributed by atoms with Crippen molar-refractivity contribution in [3.63, 3.8) is 0 Å². The van der Waals surface area contributed by atoms with Crippen molar-refractivity contribution >= 4 is 15.9 Å². The monoisotopic (exact) mass is 565 g/mol. The second kappa shape index (κ2) is 12.6. The number of rotatable bonds is 6. The minimum atomic E-state index is -4.03. The molecule has 0 saturated heterocycles. The van der Waals surface area contributed by atoms with E-state index in [-0.39, 0.29) is 54.2 Å². The first-order chi connectivity index (χ1) is 19.1. The number of carbonyl (C=O) groups is 1. The first-order valence-corrected chi connectivity index (χ1v) is 14.4. The lowest BCUT2D eigenvalue weighted by atomic mass is 10.0. The summed E-state index contributed by atoms with van der Waals surface area (Å²) >= 11 is 0. The smallest absolute Gasteiger partial charge is 0.247 e. The van der Waals surface area contributed by atoms with Crippen LogP contribution in [0.15, 0.2) is 71.9 Å². The number of ether oxygens (including phenoxy) is 1. The van der Waals surface area contributed by atoms with Crippen molar-refractivity contribution in [2.24, 2.45) is 5.92 Å². The van der Waals surface area contributed by atoms with E-state index in [1.165, 1.54) is 22.5 Å². The standard InChI is InChI=1S/C30H32FN3O5S/c1-21-18-34(22(2)20-35)40(37,38)29-13-11-23(10-12-25-8-4-5-9-26(25)31)15-27(29)39-28(21)19-33(3)30(36)16-24-7-6-14-32-17-24/h4-9,11,13-15,17,21-22,28,35H,16,18-20H2,1-3H3/t21-,22-,28+/m0/s1. The van der Waals surface area contributed by atoms with Gasteiger partial charge in [0.25, 0.3) is 0 Å². The van der Waals surface area contributed by atoms with Gasteiger partial charge in [-0.15, -0.1) is 0 Å². The van der Waals surface area contributed by atoms with Gasteiger partial charge in [-0.05, 0) is 48.9 Å². The van der Waals surface area contributed by atoms with Crippen molar-refractivity contribution in [2.45, 2.75) is 37.3 Å². The van der Waals surface area contributed by atoms with Crippen LogP contribution in [0.4, 0.5) is 4.39 Å². The molecule has 3 atom stereocenters. The van der Waals surface area contributed by atoms with Gasteiger partial charge in [0.15, 0.2) is 0 Å². The number of pyridine rings is 1. The van der Waals surface area contributed by atoms with Gasteiger partial charge >= 0.3 is 0 Å². The zero-order valence-electron chi connectivity index (χ0n) is 22.6. The third-order valence-corrected chi connectivity index (χ3v) is 8.86. The van der Waals surface area contributed by atoms with Gasteiger partial charge in [0.1, 0.15) is 22.6 Å². The lowest BCUT2D eigenvalue weighted by molar-refractivity contribution is -0.130. The van der Waals surface area contributed by atoms with E-state index in [1.54, 1.807) is 61.6 Å². The summed E-state index contributed by atoms with van der Waals surface area (Å²) in [4.78, 5) is 18.5. The molecule has 0 fully saturated rings. The van der Waals surface area contributed by atoms with E-state index in [0.717, 1.165) is 5.56 Å². The molecule has 0 unspecified atom stereocenters. The number of nitrogens with zero attached hydrogens (tertiary/aromatic N) is 3. The van der Waals surface area contributed by atoms with Gasteiger partial charge in [0, 0.05) is 43.5 Å². The Bertz CT molecular complexity index is 1520. The maximum Gasteiger partial charge on any atom is 0.247 e. The van der Waals surface area contributed by atoms with E-state index >= 15 is 0 Å². The van der Waals surface area contributed by atoms with Gasteiger partial charge in [-0.1, -0.05) is 37.0 Å². The summed E-state index contributed by atoms with van der Waals surface area (Å²) in [5, 5.41) is 9.84. The molecule has 2 heterocycles. The normalized spacial score (nSPS) is 19.1. The number of carbonyl (C=O) groups excluding carboxylic acids is 1. The van der Waals surface area contributed by atoms with Gasteiger partial charge in [0.05, 0.1) is 25.1 Å². The molecule has 0 bridgehead atoms. The summed E-state index contributed by atoms with van der Waals surface area (Å²) in [7, 11) is -2.36. The zero-order chi connectivity index (χ0) is 28.9. The summed E-state index contributed by atoms with van der Waals surface area (Å²) < 4.78 is 49.0. The highest BCUT2D eigenvalue weighted by molar-refractivity contribution is 7.89. The second-order valence-electron chi connectivity index (χ2n) is 9.94. The first-order valence-electron chi connectivity index (χ1n) is 12.9. The van der Waals surface area contributed by atoms with Crippen LogP contribution in [0.1, 0.15) is 30.5 Å². The predicted molar refractivity (Wildman–Crippen MR) is 148 cm³/mol. The molecule has 0 radical (unpaired) electrons. The fourth-order valence-electron chi connectivity index (χ4n) is 4.41. The van der Waals surface area contributed by atoms with Gasteiger partial charge in [-0.25, -0.2) is 12.8 Å². The van der Waals surface area contributed by atoms with Crippen molar-refractivity contribution in [3.8, 4) is 17.6 Å². The average Bonchev–Trinajstić information content (AvgIpc) is 2.94. The van der Waals surface area contributed by atoms with Crippen LogP contribution in [0, 0.1) is 23.6 Å². The number of hydrogen-bond acceptors (Lipinski definition) is 6. The molecule has 1 N–H and O–H groups in total. The second-order valence-corrected chi connectivity index (χ2v) is 11.8. The maximum atomic E-state index is 14.1. The van der Waals surface area contributed by atoms with Crippen LogP contribution in [0.3, 0.4) is 0 Å². The molecule has 10 heteroatoms.